The molecule has 21 heavy (non-hydrogen) atoms. The van der Waals surface area contributed by atoms with Gasteiger partial charge in [-0.05, 0) is 69.9 Å². The van der Waals surface area contributed by atoms with Gasteiger partial charge in [0.05, 0.1) is 6.10 Å². The minimum absolute atomic E-state index is 0.0333. The number of carbonyl (C=O) groups is 1. The number of hydrogen-bond donors (Lipinski definition) is 3. The maximum atomic E-state index is 12.3. The summed E-state index contributed by atoms with van der Waals surface area (Å²) in [5.74, 6) is 2.20. The van der Waals surface area contributed by atoms with Crippen molar-refractivity contribution in [2.45, 2.75) is 63.3 Å². The average Bonchev–Trinajstić information content (AvgIpc) is 2.46. The number of nitrogens with one attached hydrogen (secondary N) is 3. The van der Waals surface area contributed by atoms with Gasteiger partial charge in [0.25, 0.3) is 0 Å². The zero-order valence-electron chi connectivity index (χ0n) is 12.6. The Balaban J connectivity index is 1.34. The van der Waals surface area contributed by atoms with Crippen molar-refractivity contribution in [2.24, 2.45) is 17.8 Å². The molecule has 2 aliphatic carbocycles. The first-order valence-corrected chi connectivity index (χ1v) is 8.71. The molecule has 2 saturated carbocycles. The molecule has 2 amide bonds. The molecule has 0 radical (unpaired) electrons. The Morgan fingerprint density at radius 3 is 2.71 bits per heavy atom. The highest BCUT2D eigenvalue weighted by Crippen LogP contribution is 2.49. The first kappa shape index (κ1) is 13.8. The molecule has 4 aliphatic rings. The van der Waals surface area contributed by atoms with E-state index in [0.29, 0.717) is 18.1 Å². The third-order valence-electron chi connectivity index (χ3n) is 5.99. The van der Waals surface area contributed by atoms with Crippen molar-refractivity contribution in [2.75, 3.05) is 13.1 Å². The molecule has 118 valence electrons. The second-order valence-electron chi connectivity index (χ2n) is 7.40. The molecule has 2 aliphatic heterocycles. The van der Waals surface area contributed by atoms with Gasteiger partial charge in [-0.2, -0.15) is 0 Å². The van der Waals surface area contributed by atoms with Gasteiger partial charge in [-0.15, -0.1) is 0 Å². The number of urea groups is 1. The van der Waals surface area contributed by atoms with Crippen molar-refractivity contribution < 1.29 is 9.53 Å². The van der Waals surface area contributed by atoms with Crippen LogP contribution in [0.2, 0.25) is 0 Å². The number of ether oxygens (including phenoxy) is 1. The van der Waals surface area contributed by atoms with Crippen LogP contribution < -0.4 is 16.0 Å². The Hall–Kier alpha value is -0.810. The summed E-state index contributed by atoms with van der Waals surface area (Å²) in [6.07, 6.45) is 8.71. The Labute approximate surface area is 126 Å². The van der Waals surface area contributed by atoms with Gasteiger partial charge in [-0.3, -0.25) is 0 Å². The van der Waals surface area contributed by atoms with Crippen LogP contribution in [-0.4, -0.2) is 37.5 Å². The second-order valence-corrected chi connectivity index (χ2v) is 7.40. The van der Waals surface area contributed by atoms with Crippen LogP contribution in [-0.2, 0) is 4.74 Å². The van der Waals surface area contributed by atoms with Gasteiger partial charge in [-0.25, -0.2) is 4.79 Å². The van der Waals surface area contributed by atoms with E-state index < -0.39 is 0 Å². The zero-order valence-corrected chi connectivity index (χ0v) is 12.6. The SMILES string of the molecule is O=C(NC1CCNCC1)NC1OC2CC3CCC1C(C3)C2. The first-order valence-electron chi connectivity index (χ1n) is 8.71. The lowest BCUT2D eigenvalue weighted by molar-refractivity contribution is -0.167. The van der Waals surface area contributed by atoms with Gasteiger partial charge >= 0.3 is 6.03 Å². The van der Waals surface area contributed by atoms with Crippen molar-refractivity contribution >= 4 is 6.03 Å². The summed E-state index contributed by atoms with van der Waals surface area (Å²) in [5, 5.41) is 9.57. The molecule has 5 atom stereocenters. The summed E-state index contributed by atoms with van der Waals surface area (Å²) >= 11 is 0. The van der Waals surface area contributed by atoms with Gasteiger partial charge in [0, 0.05) is 12.0 Å². The fraction of sp³-hybridized carbons (Fsp3) is 0.938. The average molecular weight is 293 g/mol. The van der Waals surface area contributed by atoms with E-state index in [4.69, 9.17) is 4.74 Å². The van der Waals surface area contributed by atoms with E-state index in [1.807, 2.05) is 0 Å². The highest BCUT2D eigenvalue weighted by atomic mass is 16.5. The van der Waals surface area contributed by atoms with Gasteiger partial charge in [0.15, 0.2) is 0 Å². The molecule has 0 aromatic carbocycles. The molecule has 5 heteroatoms. The Morgan fingerprint density at radius 2 is 1.86 bits per heavy atom. The molecule has 4 rings (SSSR count). The first-order chi connectivity index (χ1) is 10.3. The summed E-state index contributed by atoms with van der Waals surface area (Å²) in [7, 11) is 0. The van der Waals surface area contributed by atoms with E-state index in [9.17, 15) is 4.79 Å². The lowest BCUT2D eigenvalue weighted by Crippen LogP contribution is -2.58. The molecule has 2 heterocycles. The van der Waals surface area contributed by atoms with E-state index >= 15 is 0 Å². The van der Waals surface area contributed by atoms with Crippen LogP contribution in [0, 0.1) is 17.8 Å². The smallest absolute Gasteiger partial charge is 0.317 e. The molecule has 0 aromatic heterocycles. The molecule has 4 fully saturated rings. The molecule has 3 bridgehead atoms. The van der Waals surface area contributed by atoms with Crippen LogP contribution >= 0.6 is 0 Å². The highest BCUT2D eigenvalue weighted by molar-refractivity contribution is 5.74. The topological polar surface area (TPSA) is 62.4 Å². The lowest BCUT2D eigenvalue weighted by Gasteiger charge is -2.51. The van der Waals surface area contributed by atoms with Crippen LogP contribution in [0.4, 0.5) is 4.79 Å². The molecule has 3 N–H and O–H groups in total. The standard InChI is InChI=1S/C16H27N3O2/c20-16(18-12-3-5-17-6-4-12)19-15-14-2-1-10-7-11(14)9-13(8-10)21-15/h10-15,17H,1-9H2,(H2,18,19,20). The summed E-state index contributed by atoms with van der Waals surface area (Å²) in [6.45, 7) is 2.00. The minimum Gasteiger partial charge on any atom is -0.355 e. The number of carbonyl (C=O) groups excluding carboxylic acids is 1. The number of piperidine rings is 1. The maximum absolute atomic E-state index is 12.3. The number of amides is 2. The Bertz CT molecular complexity index is 391. The molecule has 0 aromatic rings. The minimum atomic E-state index is -0.0586. The largest absolute Gasteiger partial charge is 0.355 e. The number of hydrogen-bond acceptors (Lipinski definition) is 3. The summed E-state index contributed by atoms with van der Waals surface area (Å²) in [6, 6.07) is 0.277. The molecular formula is C16H27N3O2. The molecular weight excluding hydrogens is 266 g/mol. The summed E-state index contributed by atoms with van der Waals surface area (Å²) in [4.78, 5) is 12.3. The van der Waals surface area contributed by atoms with Crippen molar-refractivity contribution in [3.8, 4) is 0 Å². The fourth-order valence-electron chi connectivity index (χ4n) is 4.96. The summed E-state index contributed by atoms with van der Waals surface area (Å²) < 4.78 is 6.17. The van der Waals surface area contributed by atoms with Gasteiger partial charge in [0.2, 0.25) is 0 Å². The van der Waals surface area contributed by atoms with Crippen LogP contribution in [0.1, 0.15) is 44.9 Å². The molecule has 2 saturated heterocycles. The van der Waals surface area contributed by atoms with Gasteiger partial charge < -0.3 is 20.7 Å². The van der Waals surface area contributed by atoms with E-state index in [1.54, 1.807) is 0 Å². The van der Waals surface area contributed by atoms with E-state index in [0.717, 1.165) is 37.8 Å². The molecule has 5 unspecified atom stereocenters. The predicted octanol–water partition coefficient (Wildman–Crippen LogP) is 1.59. The van der Waals surface area contributed by atoms with Crippen LogP contribution in [0.15, 0.2) is 0 Å². The highest BCUT2D eigenvalue weighted by Gasteiger charge is 2.47. The van der Waals surface area contributed by atoms with Crippen LogP contribution in [0.25, 0.3) is 0 Å². The van der Waals surface area contributed by atoms with Crippen LogP contribution in [0.3, 0.4) is 0 Å². The van der Waals surface area contributed by atoms with Gasteiger partial charge in [-0.1, -0.05) is 0 Å². The third kappa shape index (κ3) is 2.90. The zero-order chi connectivity index (χ0) is 14.2. The van der Waals surface area contributed by atoms with Crippen molar-refractivity contribution in [1.29, 1.82) is 0 Å². The van der Waals surface area contributed by atoms with Gasteiger partial charge in [0.1, 0.15) is 6.23 Å². The number of fused-ring (bicyclic) bond motifs is 2. The molecule has 5 nitrogen and oxygen atoms in total. The Morgan fingerprint density at radius 1 is 1.00 bits per heavy atom. The normalized spacial score (nSPS) is 42.6. The van der Waals surface area contributed by atoms with E-state index in [-0.39, 0.29) is 12.3 Å². The Kier molecular flexibility index (Phi) is 3.79. The third-order valence-corrected chi connectivity index (χ3v) is 5.99. The van der Waals surface area contributed by atoms with Crippen LogP contribution in [0.5, 0.6) is 0 Å². The van der Waals surface area contributed by atoms with E-state index in [1.165, 1.54) is 32.1 Å². The lowest BCUT2D eigenvalue weighted by atomic mass is 9.64. The summed E-state index contributed by atoms with van der Waals surface area (Å²) in [5.41, 5.74) is 0. The van der Waals surface area contributed by atoms with E-state index in [2.05, 4.69) is 16.0 Å². The van der Waals surface area contributed by atoms with Crippen molar-refractivity contribution in [3.63, 3.8) is 0 Å². The quantitative estimate of drug-likeness (QED) is 0.724. The molecule has 0 spiro atoms. The fourth-order valence-corrected chi connectivity index (χ4v) is 4.96. The monoisotopic (exact) mass is 293 g/mol. The second kappa shape index (κ2) is 5.76. The van der Waals surface area contributed by atoms with Crippen molar-refractivity contribution in [3.05, 3.63) is 0 Å². The predicted molar refractivity (Wildman–Crippen MR) is 79.8 cm³/mol. The van der Waals surface area contributed by atoms with Crippen molar-refractivity contribution in [1.82, 2.24) is 16.0 Å². The maximum Gasteiger partial charge on any atom is 0.317 e. The number of rotatable bonds is 2.